The summed E-state index contributed by atoms with van der Waals surface area (Å²) >= 11 is 1.29. The molecule has 0 aliphatic rings. The SMILES string of the molecule is Cc1c(C(=O)OC(C)C(=O)Nc2ccccc2OC(F)F)sc2ccccc12. The fourth-order valence-electron chi connectivity index (χ4n) is 2.64. The number of anilines is 1. The van der Waals surface area contributed by atoms with Crippen molar-refractivity contribution in [2.75, 3.05) is 5.32 Å². The molecular weight excluding hydrogens is 388 g/mol. The summed E-state index contributed by atoms with van der Waals surface area (Å²) in [6, 6.07) is 13.4. The molecule has 0 saturated heterocycles. The number of amides is 1. The third-order valence-corrected chi connectivity index (χ3v) is 5.30. The highest BCUT2D eigenvalue weighted by Crippen LogP contribution is 2.31. The van der Waals surface area contributed by atoms with Crippen LogP contribution in [0.3, 0.4) is 0 Å². The van der Waals surface area contributed by atoms with E-state index in [1.165, 1.54) is 36.5 Å². The highest BCUT2D eigenvalue weighted by molar-refractivity contribution is 7.21. The van der Waals surface area contributed by atoms with Crippen LogP contribution in [-0.2, 0) is 9.53 Å². The van der Waals surface area contributed by atoms with E-state index in [0.29, 0.717) is 4.88 Å². The van der Waals surface area contributed by atoms with Crippen molar-refractivity contribution in [3.63, 3.8) is 0 Å². The number of ether oxygens (including phenoxy) is 2. The Kier molecular flexibility index (Phi) is 5.89. The molecule has 1 aromatic heterocycles. The lowest BCUT2D eigenvalue weighted by molar-refractivity contribution is -0.123. The van der Waals surface area contributed by atoms with Crippen molar-refractivity contribution in [3.05, 3.63) is 59.0 Å². The number of carbonyl (C=O) groups is 2. The van der Waals surface area contributed by atoms with Crippen molar-refractivity contribution in [2.45, 2.75) is 26.6 Å². The smallest absolute Gasteiger partial charge is 0.387 e. The van der Waals surface area contributed by atoms with Gasteiger partial charge in [-0.2, -0.15) is 8.78 Å². The summed E-state index contributed by atoms with van der Waals surface area (Å²) in [4.78, 5) is 25.3. The average Bonchev–Trinajstić information content (AvgIpc) is 3.00. The lowest BCUT2D eigenvalue weighted by Gasteiger charge is -2.15. The quantitative estimate of drug-likeness (QED) is 0.587. The minimum Gasteiger partial charge on any atom is -0.448 e. The first kappa shape index (κ1) is 19.8. The second-order valence-electron chi connectivity index (χ2n) is 5.96. The lowest BCUT2D eigenvalue weighted by Crippen LogP contribution is -2.30. The van der Waals surface area contributed by atoms with E-state index in [0.717, 1.165) is 15.6 Å². The maximum Gasteiger partial charge on any atom is 0.387 e. The average molecular weight is 405 g/mol. The molecule has 0 aliphatic heterocycles. The first-order valence-electron chi connectivity index (χ1n) is 8.40. The molecule has 0 saturated carbocycles. The van der Waals surface area contributed by atoms with Gasteiger partial charge in [0.2, 0.25) is 0 Å². The summed E-state index contributed by atoms with van der Waals surface area (Å²) in [7, 11) is 0. The molecule has 0 fully saturated rings. The molecule has 3 rings (SSSR count). The van der Waals surface area contributed by atoms with Crippen molar-refractivity contribution in [3.8, 4) is 5.75 Å². The summed E-state index contributed by atoms with van der Waals surface area (Å²) in [5, 5.41) is 3.40. The Morgan fingerprint density at radius 1 is 1.07 bits per heavy atom. The van der Waals surface area contributed by atoms with E-state index in [4.69, 9.17) is 4.74 Å². The topological polar surface area (TPSA) is 64.6 Å². The first-order valence-corrected chi connectivity index (χ1v) is 9.22. The molecule has 146 valence electrons. The van der Waals surface area contributed by atoms with E-state index < -0.39 is 24.6 Å². The van der Waals surface area contributed by atoms with Gasteiger partial charge in [0.25, 0.3) is 5.91 Å². The summed E-state index contributed by atoms with van der Waals surface area (Å²) in [5.74, 6) is -1.44. The van der Waals surface area contributed by atoms with E-state index in [2.05, 4.69) is 10.1 Å². The van der Waals surface area contributed by atoms with Gasteiger partial charge in [-0.3, -0.25) is 4.79 Å². The molecule has 8 heteroatoms. The van der Waals surface area contributed by atoms with Gasteiger partial charge >= 0.3 is 12.6 Å². The number of aryl methyl sites for hydroxylation is 1. The number of alkyl halides is 2. The van der Waals surface area contributed by atoms with Gasteiger partial charge in [0.05, 0.1) is 5.69 Å². The number of esters is 1. The van der Waals surface area contributed by atoms with Crippen molar-refractivity contribution >= 4 is 39.0 Å². The molecule has 2 aromatic carbocycles. The summed E-state index contributed by atoms with van der Waals surface area (Å²) in [6.45, 7) is 0.203. The van der Waals surface area contributed by atoms with E-state index in [-0.39, 0.29) is 11.4 Å². The van der Waals surface area contributed by atoms with Crippen LogP contribution in [0, 0.1) is 6.92 Å². The van der Waals surface area contributed by atoms with Gasteiger partial charge in [-0.05, 0) is 43.0 Å². The third-order valence-electron chi connectivity index (χ3n) is 4.04. The second-order valence-corrected chi connectivity index (χ2v) is 7.02. The normalized spacial score (nSPS) is 12.0. The molecule has 1 amide bonds. The van der Waals surface area contributed by atoms with Crippen LogP contribution in [0.2, 0.25) is 0 Å². The number of hydrogen-bond acceptors (Lipinski definition) is 5. The van der Waals surface area contributed by atoms with E-state index in [1.807, 2.05) is 31.2 Å². The number of hydrogen-bond donors (Lipinski definition) is 1. The second kappa shape index (κ2) is 8.35. The fourth-order valence-corrected chi connectivity index (χ4v) is 3.73. The Bertz CT molecular complexity index is 1020. The predicted molar refractivity (Wildman–Crippen MR) is 103 cm³/mol. The number of halogens is 2. The van der Waals surface area contributed by atoms with Crippen LogP contribution in [0.4, 0.5) is 14.5 Å². The fraction of sp³-hybridized carbons (Fsp3) is 0.200. The Morgan fingerprint density at radius 3 is 2.46 bits per heavy atom. The molecule has 1 atom stereocenters. The zero-order valence-electron chi connectivity index (χ0n) is 15.1. The van der Waals surface area contributed by atoms with E-state index in [9.17, 15) is 18.4 Å². The molecule has 5 nitrogen and oxygen atoms in total. The number of rotatable bonds is 6. The monoisotopic (exact) mass is 405 g/mol. The Hall–Kier alpha value is -3.00. The molecule has 1 N–H and O–H groups in total. The van der Waals surface area contributed by atoms with Crippen LogP contribution in [0.15, 0.2) is 48.5 Å². The minimum absolute atomic E-state index is 0.0636. The van der Waals surface area contributed by atoms with Crippen LogP contribution in [-0.4, -0.2) is 24.6 Å². The van der Waals surface area contributed by atoms with Gasteiger partial charge in [0.1, 0.15) is 10.6 Å². The standard InChI is InChI=1S/C20H17F2NO4S/c1-11-13-7-3-6-10-16(13)28-17(11)19(25)26-12(2)18(24)23-14-8-4-5-9-15(14)27-20(21)22/h3-10,12,20H,1-2H3,(H,23,24). The molecule has 0 aliphatic carbocycles. The molecular formula is C20H17F2NO4S. The van der Waals surface area contributed by atoms with Gasteiger partial charge < -0.3 is 14.8 Å². The van der Waals surface area contributed by atoms with Gasteiger partial charge in [-0.1, -0.05) is 30.3 Å². The Labute approximate surface area is 163 Å². The molecule has 3 aromatic rings. The highest BCUT2D eigenvalue weighted by atomic mass is 32.1. The van der Waals surface area contributed by atoms with Gasteiger partial charge in [-0.25, -0.2) is 4.79 Å². The van der Waals surface area contributed by atoms with Crippen molar-refractivity contribution in [2.24, 2.45) is 0 Å². The van der Waals surface area contributed by atoms with Gasteiger partial charge in [-0.15, -0.1) is 11.3 Å². The zero-order valence-corrected chi connectivity index (χ0v) is 15.9. The lowest BCUT2D eigenvalue weighted by atomic mass is 10.1. The van der Waals surface area contributed by atoms with Crippen molar-refractivity contribution < 1.29 is 27.8 Å². The Morgan fingerprint density at radius 2 is 1.75 bits per heavy atom. The molecule has 0 bridgehead atoms. The third kappa shape index (κ3) is 4.28. The largest absolute Gasteiger partial charge is 0.448 e. The molecule has 0 radical (unpaired) electrons. The summed E-state index contributed by atoms with van der Waals surface area (Å²) in [6.07, 6.45) is -1.13. The highest BCUT2D eigenvalue weighted by Gasteiger charge is 2.23. The van der Waals surface area contributed by atoms with Crippen LogP contribution in [0.5, 0.6) is 5.75 Å². The molecule has 1 heterocycles. The van der Waals surface area contributed by atoms with Gasteiger partial charge in [0, 0.05) is 4.70 Å². The summed E-state index contributed by atoms with van der Waals surface area (Å²) in [5.41, 5.74) is 0.850. The van der Waals surface area contributed by atoms with Gasteiger partial charge in [0.15, 0.2) is 6.10 Å². The van der Waals surface area contributed by atoms with Crippen molar-refractivity contribution in [1.29, 1.82) is 0 Å². The summed E-state index contributed by atoms with van der Waals surface area (Å²) < 4.78 is 35.5. The van der Waals surface area contributed by atoms with Crippen LogP contribution >= 0.6 is 11.3 Å². The van der Waals surface area contributed by atoms with E-state index in [1.54, 1.807) is 6.07 Å². The maximum atomic E-state index is 12.5. The minimum atomic E-state index is -3.02. The number of thiophene rings is 1. The number of nitrogens with one attached hydrogen (secondary N) is 1. The number of para-hydroxylation sites is 2. The molecule has 0 spiro atoms. The first-order chi connectivity index (χ1) is 13.4. The number of benzene rings is 2. The number of carbonyl (C=O) groups excluding carboxylic acids is 2. The molecule has 28 heavy (non-hydrogen) atoms. The van der Waals surface area contributed by atoms with Crippen LogP contribution in [0.25, 0.3) is 10.1 Å². The van der Waals surface area contributed by atoms with E-state index >= 15 is 0 Å². The number of fused-ring (bicyclic) bond motifs is 1. The zero-order chi connectivity index (χ0) is 20.3. The van der Waals surface area contributed by atoms with Crippen LogP contribution < -0.4 is 10.1 Å². The maximum absolute atomic E-state index is 12.5. The van der Waals surface area contributed by atoms with Crippen LogP contribution in [0.1, 0.15) is 22.2 Å². The molecule has 1 unspecified atom stereocenters. The van der Waals surface area contributed by atoms with Crippen molar-refractivity contribution in [1.82, 2.24) is 0 Å². The predicted octanol–water partition coefficient (Wildman–Crippen LogP) is 5.00. The Balaban J connectivity index is 1.70.